The minimum Gasteiger partial charge on any atom is -0.465 e. The van der Waals surface area contributed by atoms with Crippen LogP contribution in [0, 0.1) is 6.92 Å². The number of aromatic nitrogens is 2. The number of hydrogen-bond acceptors (Lipinski definition) is 5. The highest BCUT2D eigenvalue weighted by molar-refractivity contribution is 7.18. The summed E-state index contributed by atoms with van der Waals surface area (Å²) in [6, 6.07) is 16.1. The zero-order chi connectivity index (χ0) is 19.7. The molecule has 2 aromatic heterocycles. The fraction of sp³-hybridized carbons (Fsp3) is 0.227. The summed E-state index contributed by atoms with van der Waals surface area (Å²) in [5, 5.41) is 2.06. The summed E-state index contributed by atoms with van der Waals surface area (Å²) in [6.45, 7) is 3.35. The van der Waals surface area contributed by atoms with Crippen molar-refractivity contribution in [3.05, 3.63) is 70.4 Å². The van der Waals surface area contributed by atoms with Crippen LogP contribution in [0.4, 0.5) is 0 Å². The molecule has 1 N–H and O–H groups in total. The van der Waals surface area contributed by atoms with E-state index in [2.05, 4.69) is 13.1 Å². The first kappa shape index (κ1) is 18.5. The summed E-state index contributed by atoms with van der Waals surface area (Å²) < 4.78 is 6.24. The molecule has 5 nitrogen and oxygen atoms in total. The number of rotatable bonds is 5. The van der Waals surface area contributed by atoms with Gasteiger partial charge in [0.15, 0.2) is 0 Å². The van der Waals surface area contributed by atoms with Gasteiger partial charge in [-0.15, -0.1) is 11.3 Å². The lowest BCUT2D eigenvalue weighted by molar-refractivity contribution is -0.908. The van der Waals surface area contributed by atoms with Gasteiger partial charge in [0.05, 0.1) is 35.5 Å². The molecule has 2 aromatic carbocycles. The number of nitrogens with zero attached hydrogens (tertiary/aromatic N) is 2. The summed E-state index contributed by atoms with van der Waals surface area (Å²) in [5.74, 6) is -0.335. The number of benzene rings is 2. The van der Waals surface area contributed by atoms with Crippen molar-refractivity contribution < 1.29 is 14.4 Å². The van der Waals surface area contributed by atoms with Gasteiger partial charge in [-0.2, -0.15) is 0 Å². The van der Waals surface area contributed by atoms with E-state index >= 15 is 0 Å². The molecule has 0 fully saturated rings. The first-order valence-corrected chi connectivity index (χ1v) is 10.0. The lowest BCUT2D eigenvalue weighted by atomic mass is 10.0. The maximum absolute atomic E-state index is 12.5. The molecule has 0 amide bonds. The van der Waals surface area contributed by atoms with E-state index in [1.54, 1.807) is 11.3 Å². The van der Waals surface area contributed by atoms with E-state index in [1.807, 2.05) is 49.4 Å². The second-order valence-electron chi connectivity index (χ2n) is 6.95. The molecule has 0 saturated carbocycles. The van der Waals surface area contributed by atoms with Gasteiger partial charge in [-0.05, 0) is 30.7 Å². The first-order chi connectivity index (χ1) is 13.6. The zero-order valence-corrected chi connectivity index (χ0v) is 17.0. The number of ether oxygens (including phenoxy) is 1. The molecule has 0 spiro atoms. The molecule has 2 heterocycles. The smallest absolute Gasteiger partial charge is 0.340 e. The third-order valence-electron chi connectivity index (χ3n) is 4.88. The maximum Gasteiger partial charge on any atom is 0.340 e. The molecule has 142 valence electrons. The van der Waals surface area contributed by atoms with Crippen LogP contribution >= 0.6 is 11.3 Å². The Kier molecular flexibility index (Phi) is 5.07. The predicted molar refractivity (Wildman–Crippen MR) is 112 cm³/mol. The minimum absolute atomic E-state index is 0.335. The Labute approximate surface area is 167 Å². The third-order valence-corrected chi connectivity index (χ3v) is 5.91. The fourth-order valence-electron chi connectivity index (χ4n) is 3.54. The highest BCUT2D eigenvalue weighted by Gasteiger charge is 2.22. The van der Waals surface area contributed by atoms with Crippen molar-refractivity contribution in [2.24, 2.45) is 0 Å². The molecule has 28 heavy (non-hydrogen) atoms. The zero-order valence-electron chi connectivity index (χ0n) is 16.2. The Morgan fingerprint density at radius 3 is 2.50 bits per heavy atom. The van der Waals surface area contributed by atoms with E-state index < -0.39 is 0 Å². The minimum atomic E-state index is -0.335. The molecule has 4 aromatic rings. The van der Waals surface area contributed by atoms with Gasteiger partial charge in [0.1, 0.15) is 23.8 Å². The number of quaternary nitrogens is 1. The van der Waals surface area contributed by atoms with E-state index in [1.165, 1.54) is 16.7 Å². The van der Waals surface area contributed by atoms with Crippen molar-refractivity contribution in [1.82, 2.24) is 9.97 Å². The number of fused-ring (bicyclic) bond motifs is 2. The van der Waals surface area contributed by atoms with Crippen LogP contribution in [0.25, 0.3) is 21.1 Å². The number of esters is 1. The summed E-state index contributed by atoms with van der Waals surface area (Å²) in [6.07, 6.45) is 0. The first-order valence-electron chi connectivity index (χ1n) is 9.19. The number of thiazole rings is 1. The van der Waals surface area contributed by atoms with Gasteiger partial charge in [-0.25, -0.2) is 14.8 Å². The highest BCUT2D eigenvalue weighted by Crippen LogP contribution is 2.24. The highest BCUT2D eigenvalue weighted by atomic mass is 32.1. The summed E-state index contributed by atoms with van der Waals surface area (Å²) in [4.78, 5) is 23.2. The number of hydrogen-bond donors (Lipinski definition) is 1. The second-order valence-corrected chi connectivity index (χ2v) is 8.07. The summed E-state index contributed by atoms with van der Waals surface area (Å²) in [5.41, 5.74) is 4.19. The Morgan fingerprint density at radius 1 is 1.04 bits per heavy atom. The summed E-state index contributed by atoms with van der Waals surface area (Å²) in [7, 11) is 3.51. The number of carbonyl (C=O) groups is 1. The van der Waals surface area contributed by atoms with E-state index in [-0.39, 0.29) is 5.97 Å². The van der Waals surface area contributed by atoms with Crippen LogP contribution in [0.15, 0.2) is 48.5 Å². The van der Waals surface area contributed by atoms with E-state index in [4.69, 9.17) is 14.7 Å². The number of aryl methyl sites for hydroxylation is 1. The van der Waals surface area contributed by atoms with Crippen LogP contribution < -0.4 is 4.90 Å². The van der Waals surface area contributed by atoms with Crippen LogP contribution in [-0.2, 0) is 17.8 Å². The second kappa shape index (κ2) is 7.66. The molecule has 0 aliphatic carbocycles. The maximum atomic E-state index is 12.5. The molecule has 0 radical (unpaired) electrons. The average molecular weight is 393 g/mol. The van der Waals surface area contributed by atoms with Crippen molar-refractivity contribution in [1.29, 1.82) is 0 Å². The van der Waals surface area contributed by atoms with E-state index in [0.717, 1.165) is 39.2 Å². The van der Waals surface area contributed by atoms with Gasteiger partial charge < -0.3 is 9.64 Å². The van der Waals surface area contributed by atoms with Crippen molar-refractivity contribution in [2.45, 2.75) is 20.0 Å². The number of nitrogens with one attached hydrogen (secondary N) is 1. The standard InChI is InChI=1S/C22H21N3O2S/c1-14-15-8-4-5-9-16(15)23-18(21(14)22(26)27-3)12-25(2)13-20-24-17-10-6-7-11-19(17)28-20/h4-11H,12-13H2,1-3H3/p+1. The Bertz CT molecular complexity index is 1140. The molecule has 6 heteroatoms. The fourth-order valence-corrected chi connectivity index (χ4v) is 4.62. The van der Waals surface area contributed by atoms with Crippen molar-refractivity contribution in [3.8, 4) is 0 Å². The van der Waals surface area contributed by atoms with Crippen LogP contribution in [-0.4, -0.2) is 30.1 Å². The van der Waals surface area contributed by atoms with Crippen LogP contribution in [0.1, 0.15) is 26.6 Å². The molecule has 0 aliphatic heterocycles. The van der Waals surface area contributed by atoms with Gasteiger partial charge in [0.25, 0.3) is 0 Å². The van der Waals surface area contributed by atoms with E-state index in [9.17, 15) is 4.79 Å². The van der Waals surface area contributed by atoms with Crippen molar-refractivity contribution >= 4 is 38.4 Å². The Morgan fingerprint density at radius 2 is 1.75 bits per heavy atom. The molecule has 0 saturated heterocycles. The van der Waals surface area contributed by atoms with Crippen molar-refractivity contribution in [3.63, 3.8) is 0 Å². The molecule has 0 bridgehead atoms. The lowest BCUT2D eigenvalue weighted by Crippen LogP contribution is -3.06. The number of carbonyl (C=O) groups excluding carboxylic acids is 1. The largest absolute Gasteiger partial charge is 0.465 e. The Hall–Kier alpha value is -2.83. The predicted octanol–water partition coefficient (Wildman–Crippen LogP) is 3.15. The number of methoxy groups -OCH3 is 1. The topological polar surface area (TPSA) is 56.5 Å². The van der Waals surface area contributed by atoms with Crippen LogP contribution in [0.2, 0.25) is 0 Å². The molecular weight excluding hydrogens is 370 g/mol. The van der Waals surface area contributed by atoms with Crippen LogP contribution in [0.5, 0.6) is 0 Å². The van der Waals surface area contributed by atoms with Gasteiger partial charge in [0.2, 0.25) is 0 Å². The van der Waals surface area contributed by atoms with Gasteiger partial charge >= 0.3 is 5.97 Å². The summed E-state index contributed by atoms with van der Waals surface area (Å²) >= 11 is 1.71. The average Bonchev–Trinajstić information content (AvgIpc) is 3.09. The van der Waals surface area contributed by atoms with Crippen molar-refractivity contribution in [2.75, 3.05) is 14.2 Å². The lowest BCUT2D eigenvalue weighted by Gasteiger charge is -2.16. The molecule has 1 atom stereocenters. The monoisotopic (exact) mass is 392 g/mol. The number of para-hydroxylation sites is 2. The molecule has 4 rings (SSSR count). The third kappa shape index (κ3) is 3.48. The van der Waals surface area contributed by atoms with Gasteiger partial charge in [-0.1, -0.05) is 30.3 Å². The van der Waals surface area contributed by atoms with Gasteiger partial charge in [-0.3, -0.25) is 0 Å². The molecule has 1 unspecified atom stereocenters. The SMILES string of the molecule is COC(=O)c1c(C[NH+](C)Cc2nc3ccccc3s2)nc2ccccc2c1C. The normalized spacial score (nSPS) is 12.4. The molecular formula is C22H22N3O2S+. The Balaban J connectivity index is 1.66. The number of pyridine rings is 1. The quantitative estimate of drug-likeness (QED) is 0.530. The molecule has 0 aliphatic rings. The van der Waals surface area contributed by atoms with Crippen LogP contribution in [0.3, 0.4) is 0 Å². The van der Waals surface area contributed by atoms with E-state index in [0.29, 0.717) is 12.1 Å². The van der Waals surface area contributed by atoms with Gasteiger partial charge in [0, 0.05) is 5.39 Å².